The molecule has 0 aromatic heterocycles. The zero-order valence-electron chi connectivity index (χ0n) is 7.93. The van der Waals surface area contributed by atoms with Gasteiger partial charge in [0.05, 0.1) is 4.90 Å². The van der Waals surface area contributed by atoms with Crippen molar-refractivity contribution in [2.24, 2.45) is 0 Å². The minimum absolute atomic E-state index is 0.0322. The number of sulfone groups is 1. The van der Waals surface area contributed by atoms with Gasteiger partial charge in [-0.05, 0) is 13.0 Å². The summed E-state index contributed by atoms with van der Waals surface area (Å²) in [6.07, 6.45) is 0. The van der Waals surface area contributed by atoms with Crippen LogP contribution in [0.25, 0.3) is 0 Å². The second-order valence-electron chi connectivity index (χ2n) is 3.40. The van der Waals surface area contributed by atoms with Gasteiger partial charge < -0.3 is 0 Å². The van der Waals surface area contributed by atoms with Crippen LogP contribution < -0.4 is 0 Å². The number of rotatable bonds is 1. The van der Waals surface area contributed by atoms with Crippen molar-refractivity contribution >= 4 is 21.4 Å². The lowest BCUT2D eigenvalue weighted by molar-refractivity contribution is -0.115. The van der Waals surface area contributed by atoms with Gasteiger partial charge in [0.15, 0.2) is 26.7 Å². The highest BCUT2D eigenvalue weighted by atomic mass is 32.2. The standard InChI is InChI=1S/C10H8O4S/c1-6(11)10-9(12)7-4-2-3-5-8(7)15(10,13)14/h2-5,10H,1H3. The summed E-state index contributed by atoms with van der Waals surface area (Å²) >= 11 is 0. The van der Waals surface area contributed by atoms with E-state index in [9.17, 15) is 18.0 Å². The second kappa shape index (κ2) is 3.00. The molecule has 0 bridgehead atoms. The smallest absolute Gasteiger partial charge is 0.196 e. The first-order chi connectivity index (χ1) is 6.96. The number of Topliss-reactive ketones (excluding diaryl/α,β-unsaturated/α-hetero) is 2. The molecule has 1 atom stereocenters. The predicted molar refractivity (Wildman–Crippen MR) is 52.4 cm³/mol. The highest BCUT2D eigenvalue weighted by Gasteiger charge is 2.46. The number of carbonyl (C=O) groups is 2. The molecule has 5 heteroatoms. The summed E-state index contributed by atoms with van der Waals surface area (Å²) in [7, 11) is -3.79. The number of benzene rings is 1. The highest BCUT2D eigenvalue weighted by molar-refractivity contribution is 7.94. The summed E-state index contributed by atoms with van der Waals surface area (Å²) in [5, 5.41) is -1.53. The average molecular weight is 224 g/mol. The SMILES string of the molecule is CC(=O)C1C(=O)c2ccccc2S1(=O)=O. The molecular weight excluding hydrogens is 216 g/mol. The number of ketones is 2. The van der Waals surface area contributed by atoms with E-state index in [1.165, 1.54) is 18.2 Å². The van der Waals surface area contributed by atoms with Gasteiger partial charge in [0.1, 0.15) is 0 Å². The Hall–Kier alpha value is -1.49. The Morgan fingerprint density at radius 1 is 1.27 bits per heavy atom. The van der Waals surface area contributed by atoms with Crippen molar-refractivity contribution in [3.05, 3.63) is 29.8 Å². The third-order valence-electron chi connectivity index (χ3n) is 2.38. The van der Waals surface area contributed by atoms with Crippen molar-refractivity contribution < 1.29 is 18.0 Å². The van der Waals surface area contributed by atoms with E-state index < -0.39 is 26.7 Å². The molecule has 1 aliphatic rings. The molecule has 1 aromatic rings. The largest absolute Gasteiger partial charge is 0.298 e. The fourth-order valence-corrected chi connectivity index (χ4v) is 3.57. The summed E-state index contributed by atoms with van der Waals surface area (Å²) < 4.78 is 23.6. The first-order valence-corrected chi connectivity index (χ1v) is 5.88. The van der Waals surface area contributed by atoms with Crippen LogP contribution in [0.4, 0.5) is 0 Å². The normalized spacial score (nSPS) is 22.5. The Labute approximate surface area is 86.8 Å². The van der Waals surface area contributed by atoms with Gasteiger partial charge in [-0.3, -0.25) is 9.59 Å². The van der Waals surface area contributed by atoms with Crippen LogP contribution in [0.1, 0.15) is 17.3 Å². The number of hydrogen-bond donors (Lipinski definition) is 0. The molecule has 0 aliphatic carbocycles. The molecule has 0 radical (unpaired) electrons. The minimum atomic E-state index is -3.79. The Kier molecular flexibility index (Phi) is 2.01. The van der Waals surface area contributed by atoms with Crippen molar-refractivity contribution in [1.82, 2.24) is 0 Å². The van der Waals surface area contributed by atoms with E-state index in [1.54, 1.807) is 6.07 Å². The summed E-state index contributed by atoms with van der Waals surface area (Å²) in [6, 6.07) is 5.89. The molecule has 0 amide bonds. The zero-order chi connectivity index (χ0) is 11.2. The van der Waals surface area contributed by atoms with Crippen molar-refractivity contribution in [1.29, 1.82) is 0 Å². The molecule has 2 rings (SSSR count). The predicted octanol–water partition coefficient (Wildman–Crippen LogP) is 0.614. The summed E-state index contributed by atoms with van der Waals surface area (Å²) in [5.74, 6) is -1.24. The van der Waals surface area contributed by atoms with E-state index in [0.717, 1.165) is 6.92 Å². The molecular formula is C10H8O4S. The van der Waals surface area contributed by atoms with E-state index in [-0.39, 0.29) is 10.5 Å². The lowest BCUT2D eigenvalue weighted by atomic mass is 10.1. The zero-order valence-corrected chi connectivity index (χ0v) is 8.74. The molecule has 15 heavy (non-hydrogen) atoms. The maximum absolute atomic E-state index is 11.8. The van der Waals surface area contributed by atoms with Gasteiger partial charge in [-0.1, -0.05) is 18.2 Å². The lowest BCUT2D eigenvalue weighted by Crippen LogP contribution is -2.30. The maximum atomic E-state index is 11.8. The van der Waals surface area contributed by atoms with Crippen molar-refractivity contribution in [3.8, 4) is 0 Å². The lowest BCUT2D eigenvalue weighted by Gasteiger charge is -2.01. The second-order valence-corrected chi connectivity index (χ2v) is 5.40. The molecule has 1 aliphatic heterocycles. The number of carbonyl (C=O) groups excluding carboxylic acids is 2. The molecule has 0 spiro atoms. The number of hydrogen-bond acceptors (Lipinski definition) is 4. The first kappa shape index (κ1) is 10.0. The van der Waals surface area contributed by atoms with Crippen LogP contribution in [-0.4, -0.2) is 25.2 Å². The molecule has 1 heterocycles. The van der Waals surface area contributed by atoms with E-state index >= 15 is 0 Å². The third-order valence-corrected chi connectivity index (χ3v) is 4.51. The van der Waals surface area contributed by atoms with Crippen LogP contribution in [0.2, 0.25) is 0 Å². The summed E-state index contributed by atoms with van der Waals surface area (Å²) in [6.45, 7) is 1.12. The van der Waals surface area contributed by atoms with Crippen molar-refractivity contribution in [2.45, 2.75) is 17.1 Å². The first-order valence-electron chi connectivity index (χ1n) is 4.34. The van der Waals surface area contributed by atoms with E-state index in [4.69, 9.17) is 0 Å². The van der Waals surface area contributed by atoms with Crippen LogP contribution in [0.3, 0.4) is 0 Å². The molecule has 4 nitrogen and oxygen atoms in total. The van der Waals surface area contributed by atoms with E-state index in [2.05, 4.69) is 0 Å². The van der Waals surface area contributed by atoms with Gasteiger partial charge in [0.2, 0.25) is 0 Å². The van der Waals surface area contributed by atoms with Crippen LogP contribution >= 0.6 is 0 Å². The maximum Gasteiger partial charge on any atom is 0.196 e. The van der Waals surface area contributed by atoms with Crippen molar-refractivity contribution in [2.75, 3.05) is 0 Å². The molecule has 0 N–H and O–H groups in total. The fraction of sp³-hybridized carbons (Fsp3) is 0.200. The quantitative estimate of drug-likeness (QED) is 0.655. The number of fused-ring (bicyclic) bond motifs is 1. The van der Waals surface area contributed by atoms with Gasteiger partial charge >= 0.3 is 0 Å². The van der Waals surface area contributed by atoms with Gasteiger partial charge in [0.25, 0.3) is 0 Å². The molecule has 0 fully saturated rings. The Bertz CT molecular complexity index is 557. The van der Waals surface area contributed by atoms with Gasteiger partial charge in [-0.15, -0.1) is 0 Å². The van der Waals surface area contributed by atoms with Gasteiger partial charge in [-0.25, -0.2) is 8.42 Å². The summed E-state index contributed by atoms with van der Waals surface area (Å²) in [5.41, 5.74) is 0.123. The van der Waals surface area contributed by atoms with Gasteiger partial charge in [0, 0.05) is 5.56 Å². The van der Waals surface area contributed by atoms with Crippen LogP contribution in [0.5, 0.6) is 0 Å². The van der Waals surface area contributed by atoms with Crippen LogP contribution in [0.15, 0.2) is 29.2 Å². The van der Waals surface area contributed by atoms with Gasteiger partial charge in [-0.2, -0.15) is 0 Å². The molecule has 0 saturated carbocycles. The average Bonchev–Trinajstić information content (AvgIpc) is 2.36. The van der Waals surface area contributed by atoms with Crippen LogP contribution in [-0.2, 0) is 14.6 Å². The minimum Gasteiger partial charge on any atom is -0.298 e. The third kappa shape index (κ3) is 1.23. The topological polar surface area (TPSA) is 68.3 Å². The van der Waals surface area contributed by atoms with Crippen molar-refractivity contribution in [3.63, 3.8) is 0 Å². The van der Waals surface area contributed by atoms with Crippen LogP contribution in [0, 0.1) is 0 Å². The molecule has 1 aromatic carbocycles. The monoisotopic (exact) mass is 224 g/mol. The Morgan fingerprint density at radius 2 is 1.87 bits per heavy atom. The molecule has 78 valence electrons. The summed E-state index contributed by atoms with van der Waals surface area (Å²) in [4.78, 5) is 22.8. The Balaban J connectivity index is 2.77. The highest BCUT2D eigenvalue weighted by Crippen LogP contribution is 2.31. The van der Waals surface area contributed by atoms with E-state index in [1.807, 2.05) is 0 Å². The molecule has 1 unspecified atom stereocenters. The fourth-order valence-electron chi connectivity index (χ4n) is 1.73. The molecule has 0 saturated heterocycles. The Morgan fingerprint density at radius 3 is 2.40 bits per heavy atom. The van der Waals surface area contributed by atoms with E-state index in [0.29, 0.717) is 0 Å².